The van der Waals surface area contributed by atoms with Gasteiger partial charge in [-0.1, -0.05) is 36.4 Å². The number of aromatic nitrogens is 2. The van der Waals surface area contributed by atoms with Crippen LogP contribution in [0.2, 0.25) is 0 Å². The van der Waals surface area contributed by atoms with E-state index < -0.39 is 0 Å². The number of anilines is 2. The zero-order valence-electron chi connectivity index (χ0n) is 14.0. The Morgan fingerprint density at radius 2 is 1.65 bits per heavy atom. The molecule has 4 rings (SSSR count). The third-order valence-corrected chi connectivity index (χ3v) is 4.22. The Balaban J connectivity index is 2.04. The lowest BCUT2D eigenvalue weighted by Gasteiger charge is -2.18. The first-order chi connectivity index (χ1) is 12.8. The predicted octanol–water partition coefficient (Wildman–Crippen LogP) is 3.62. The third kappa shape index (κ3) is 2.85. The van der Waals surface area contributed by atoms with E-state index >= 15 is 0 Å². The molecule has 0 radical (unpaired) electrons. The molecule has 2 heterocycles. The minimum absolute atomic E-state index is 0.178. The van der Waals surface area contributed by atoms with E-state index in [4.69, 9.17) is 0 Å². The summed E-state index contributed by atoms with van der Waals surface area (Å²) in [6.07, 6.45) is 1.61. The van der Waals surface area contributed by atoms with Gasteiger partial charge in [0, 0.05) is 23.6 Å². The quantitative estimate of drug-likeness (QED) is 0.594. The van der Waals surface area contributed by atoms with Gasteiger partial charge in [-0.15, -0.1) is 0 Å². The summed E-state index contributed by atoms with van der Waals surface area (Å²) < 4.78 is 1.89. The predicted molar refractivity (Wildman–Crippen MR) is 103 cm³/mol. The van der Waals surface area contributed by atoms with Crippen molar-refractivity contribution in [1.29, 1.82) is 0 Å². The third-order valence-electron chi connectivity index (χ3n) is 4.22. The van der Waals surface area contributed by atoms with Gasteiger partial charge in [0.15, 0.2) is 5.43 Å². The van der Waals surface area contributed by atoms with E-state index in [9.17, 15) is 9.90 Å². The van der Waals surface area contributed by atoms with Crippen LogP contribution in [0.15, 0.2) is 83.8 Å². The van der Waals surface area contributed by atoms with E-state index in [-0.39, 0.29) is 12.0 Å². The second-order valence-electron chi connectivity index (χ2n) is 5.88. The molecule has 0 amide bonds. The summed E-state index contributed by atoms with van der Waals surface area (Å²) in [5.41, 5.74) is 2.64. The molecule has 2 aromatic heterocycles. The molecular formula is C21H17N3O2. The molecule has 0 aliphatic carbocycles. The zero-order chi connectivity index (χ0) is 17.9. The summed E-state index contributed by atoms with van der Waals surface area (Å²) in [7, 11) is 0. The SMILES string of the molecule is O=c1cc(Nc2ccccc2)n(-c2ccccc2)c2nccc(CO)c12. The van der Waals surface area contributed by atoms with Crippen molar-refractivity contribution in [3.8, 4) is 5.69 Å². The molecule has 128 valence electrons. The zero-order valence-corrected chi connectivity index (χ0v) is 14.0. The molecule has 0 bridgehead atoms. The molecule has 2 aromatic carbocycles. The maximum atomic E-state index is 12.7. The normalized spacial score (nSPS) is 10.8. The summed E-state index contributed by atoms with van der Waals surface area (Å²) in [5, 5.41) is 13.4. The highest BCUT2D eigenvalue weighted by molar-refractivity contribution is 5.83. The van der Waals surface area contributed by atoms with Crippen molar-refractivity contribution in [2.45, 2.75) is 6.61 Å². The molecular weight excluding hydrogens is 326 g/mol. The van der Waals surface area contributed by atoms with Gasteiger partial charge in [-0.25, -0.2) is 4.98 Å². The van der Waals surface area contributed by atoms with Crippen LogP contribution < -0.4 is 10.7 Å². The molecule has 0 saturated carbocycles. The molecule has 0 spiro atoms. The van der Waals surface area contributed by atoms with Gasteiger partial charge in [0.05, 0.1) is 12.0 Å². The van der Waals surface area contributed by atoms with Gasteiger partial charge < -0.3 is 10.4 Å². The Hall–Kier alpha value is -3.44. The van der Waals surface area contributed by atoms with Crippen LogP contribution in [-0.2, 0) is 6.61 Å². The molecule has 0 atom stereocenters. The van der Waals surface area contributed by atoms with Gasteiger partial charge in [0.25, 0.3) is 0 Å². The first kappa shape index (κ1) is 16.1. The highest BCUT2D eigenvalue weighted by Gasteiger charge is 2.14. The highest BCUT2D eigenvalue weighted by atomic mass is 16.3. The second-order valence-corrected chi connectivity index (χ2v) is 5.88. The molecule has 5 nitrogen and oxygen atoms in total. The minimum Gasteiger partial charge on any atom is -0.392 e. The largest absolute Gasteiger partial charge is 0.392 e. The van der Waals surface area contributed by atoms with Crippen LogP contribution >= 0.6 is 0 Å². The van der Waals surface area contributed by atoms with Crippen LogP contribution in [0.4, 0.5) is 11.5 Å². The summed E-state index contributed by atoms with van der Waals surface area (Å²) in [6.45, 7) is -0.214. The smallest absolute Gasteiger partial charge is 0.193 e. The minimum atomic E-state index is -0.214. The standard InChI is InChI=1S/C21H17N3O2/c25-14-15-11-12-22-21-20(15)18(26)13-19(23-16-7-3-1-4-8-16)24(21)17-9-5-2-6-10-17/h1-13,23,25H,14H2. The maximum absolute atomic E-state index is 12.7. The molecule has 0 unspecified atom stereocenters. The number of fused-ring (bicyclic) bond motifs is 1. The van der Waals surface area contributed by atoms with Crippen molar-refractivity contribution >= 4 is 22.5 Å². The van der Waals surface area contributed by atoms with Crippen LogP contribution in [0, 0.1) is 0 Å². The number of pyridine rings is 2. The average molecular weight is 343 g/mol. The summed E-state index contributed by atoms with van der Waals surface area (Å²) in [5.74, 6) is 0.613. The van der Waals surface area contributed by atoms with E-state index in [1.165, 1.54) is 0 Å². The topological polar surface area (TPSA) is 67.2 Å². The number of aliphatic hydroxyl groups is 1. The summed E-state index contributed by atoms with van der Waals surface area (Å²) in [6, 6.07) is 22.6. The first-order valence-electron chi connectivity index (χ1n) is 8.30. The molecule has 4 aromatic rings. The van der Waals surface area contributed by atoms with E-state index in [2.05, 4.69) is 10.3 Å². The summed E-state index contributed by atoms with van der Waals surface area (Å²) >= 11 is 0. The maximum Gasteiger partial charge on any atom is 0.193 e. The van der Waals surface area contributed by atoms with Crippen molar-refractivity contribution < 1.29 is 5.11 Å². The van der Waals surface area contributed by atoms with Crippen LogP contribution in [0.5, 0.6) is 0 Å². The van der Waals surface area contributed by atoms with Crippen molar-refractivity contribution in [2.75, 3.05) is 5.32 Å². The number of nitrogens with zero attached hydrogens (tertiary/aromatic N) is 2. The molecule has 26 heavy (non-hydrogen) atoms. The molecule has 0 saturated heterocycles. The van der Waals surface area contributed by atoms with Gasteiger partial charge in [-0.2, -0.15) is 0 Å². The van der Waals surface area contributed by atoms with E-state index in [1.807, 2.05) is 65.2 Å². The Bertz CT molecular complexity index is 1110. The van der Waals surface area contributed by atoms with Crippen LogP contribution in [0.25, 0.3) is 16.7 Å². The number of hydrogen-bond donors (Lipinski definition) is 2. The van der Waals surface area contributed by atoms with E-state index in [0.717, 1.165) is 11.4 Å². The lowest BCUT2D eigenvalue weighted by atomic mass is 10.1. The molecule has 0 aliphatic heterocycles. The Morgan fingerprint density at radius 3 is 2.35 bits per heavy atom. The molecule has 2 N–H and O–H groups in total. The van der Waals surface area contributed by atoms with Crippen molar-refractivity contribution in [2.24, 2.45) is 0 Å². The van der Waals surface area contributed by atoms with Crippen molar-refractivity contribution in [1.82, 2.24) is 9.55 Å². The van der Waals surface area contributed by atoms with Gasteiger partial charge in [0.2, 0.25) is 0 Å². The number of aliphatic hydroxyl groups excluding tert-OH is 1. The average Bonchev–Trinajstić information content (AvgIpc) is 2.69. The monoisotopic (exact) mass is 343 g/mol. The first-order valence-corrected chi connectivity index (χ1v) is 8.30. The summed E-state index contributed by atoms with van der Waals surface area (Å²) in [4.78, 5) is 17.2. The fraction of sp³-hybridized carbons (Fsp3) is 0.0476. The Kier molecular flexibility index (Phi) is 4.21. The number of nitrogens with one attached hydrogen (secondary N) is 1. The van der Waals surface area contributed by atoms with E-state index in [0.29, 0.717) is 22.4 Å². The lowest BCUT2D eigenvalue weighted by molar-refractivity contribution is 0.283. The number of benzene rings is 2. The van der Waals surface area contributed by atoms with Gasteiger partial charge >= 0.3 is 0 Å². The fourth-order valence-electron chi connectivity index (χ4n) is 3.03. The second kappa shape index (κ2) is 6.82. The van der Waals surface area contributed by atoms with E-state index in [1.54, 1.807) is 18.3 Å². The molecule has 0 fully saturated rings. The highest BCUT2D eigenvalue weighted by Crippen LogP contribution is 2.25. The van der Waals surface area contributed by atoms with Gasteiger partial charge in [-0.3, -0.25) is 9.36 Å². The number of para-hydroxylation sites is 2. The van der Waals surface area contributed by atoms with Crippen LogP contribution in [0.1, 0.15) is 5.56 Å². The van der Waals surface area contributed by atoms with Crippen molar-refractivity contribution in [3.05, 3.63) is 94.8 Å². The number of rotatable bonds is 4. The lowest BCUT2D eigenvalue weighted by Crippen LogP contribution is -2.15. The Morgan fingerprint density at radius 1 is 0.962 bits per heavy atom. The van der Waals surface area contributed by atoms with Gasteiger partial charge in [-0.05, 0) is 35.9 Å². The molecule has 5 heteroatoms. The fourth-order valence-corrected chi connectivity index (χ4v) is 3.03. The molecule has 0 aliphatic rings. The van der Waals surface area contributed by atoms with Crippen LogP contribution in [-0.4, -0.2) is 14.7 Å². The number of hydrogen-bond acceptors (Lipinski definition) is 4. The Labute approximate surface area is 150 Å². The van der Waals surface area contributed by atoms with Gasteiger partial charge in [0.1, 0.15) is 11.5 Å². The van der Waals surface area contributed by atoms with Crippen LogP contribution in [0.3, 0.4) is 0 Å². The van der Waals surface area contributed by atoms with Crippen molar-refractivity contribution in [3.63, 3.8) is 0 Å².